The molecule has 0 spiro atoms. The Morgan fingerprint density at radius 1 is 1.03 bits per heavy atom. The lowest BCUT2D eigenvalue weighted by Crippen LogP contribution is -2.56. The summed E-state index contributed by atoms with van der Waals surface area (Å²) in [5.41, 5.74) is 1.66. The van der Waals surface area contributed by atoms with E-state index in [1.54, 1.807) is 0 Å². The average Bonchev–Trinajstić information content (AvgIpc) is 2.91. The van der Waals surface area contributed by atoms with Crippen LogP contribution in [0.5, 0.6) is 17.2 Å². The van der Waals surface area contributed by atoms with Gasteiger partial charge in [-0.15, -0.1) is 13.2 Å². The molecule has 0 saturated heterocycles. The molecule has 0 aromatic heterocycles. The van der Waals surface area contributed by atoms with Crippen molar-refractivity contribution >= 4 is 21.3 Å². The van der Waals surface area contributed by atoms with Gasteiger partial charge in [0.25, 0.3) is 0 Å². The van der Waals surface area contributed by atoms with Crippen LogP contribution in [0.25, 0.3) is 0 Å². The van der Waals surface area contributed by atoms with E-state index < -0.39 is 34.2 Å². The zero-order chi connectivity index (χ0) is 27.6. The summed E-state index contributed by atoms with van der Waals surface area (Å²) in [6.45, 7) is 2.17. The Labute approximate surface area is 225 Å². The van der Waals surface area contributed by atoms with Crippen molar-refractivity contribution in [3.05, 3.63) is 72.8 Å². The molecule has 1 aliphatic heterocycles. The van der Waals surface area contributed by atoms with Crippen LogP contribution in [-0.2, 0) is 9.92 Å². The number of nitrogens with zero attached hydrogens (tertiary/aromatic N) is 2. The number of ether oxygens (including phenoxy) is 2. The highest BCUT2D eigenvalue weighted by Crippen LogP contribution is 2.49. The predicted octanol–water partition coefficient (Wildman–Crippen LogP) is 6.55. The standard InChI is InChI=1S/C28H30F3N3O4S/c1-2-18-32-39(36,20-16-14-19(15-17-20)38-28(29,30)31)33-21-8-7-11-24(27(21)35)34-22-9-3-5-12-25(22)37-26-13-6-4-10-23(26)34/h3-6,9-10,12-17,21,24,27,35H,2,7-8,11,18H2,1H3,(H,32,33,36). The number of hydrogen-bond acceptors (Lipinski definition) is 6. The van der Waals surface area contributed by atoms with Crippen LogP contribution < -0.4 is 19.1 Å². The number of nitrogens with one attached hydrogen (secondary N) is 1. The summed E-state index contributed by atoms with van der Waals surface area (Å²) < 4.78 is 69.6. The fourth-order valence-electron chi connectivity index (χ4n) is 5.09. The molecule has 3 aromatic rings. The van der Waals surface area contributed by atoms with Crippen molar-refractivity contribution < 1.29 is 32.0 Å². The van der Waals surface area contributed by atoms with Crippen LogP contribution >= 0.6 is 0 Å². The molecule has 0 amide bonds. The van der Waals surface area contributed by atoms with Gasteiger partial charge in [0.05, 0.1) is 28.4 Å². The minimum atomic E-state index is -4.83. The Kier molecular flexibility index (Phi) is 7.75. The number of hydrogen-bond donors (Lipinski definition) is 2. The van der Waals surface area contributed by atoms with Gasteiger partial charge in [-0.25, -0.2) is 13.3 Å². The van der Waals surface area contributed by atoms with Gasteiger partial charge < -0.3 is 19.5 Å². The largest absolute Gasteiger partial charge is 0.573 e. The smallest absolute Gasteiger partial charge is 0.453 e. The van der Waals surface area contributed by atoms with Crippen LogP contribution in [0, 0.1) is 0 Å². The van der Waals surface area contributed by atoms with Gasteiger partial charge in [0.15, 0.2) is 11.5 Å². The Morgan fingerprint density at radius 3 is 2.23 bits per heavy atom. The van der Waals surface area contributed by atoms with E-state index in [1.165, 1.54) is 12.1 Å². The maximum absolute atomic E-state index is 14.2. The molecule has 2 aliphatic rings. The van der Waals surface area contributed by atoms with E-state index in [-0.39, 0.29) is 17.5 Å². The number of fused-ring (bicyclic) bond motifs is 2. The van der Waals surface area contributed by atoms with Gasteiger partial charge in [0.2, 0.25) is 0 Å². The molecule has 0 radical (unpaired) electrons. The number of benzene rings is 3. The van der Waals surface area contributed by atoms with Crippen molar-refractivity contribution in [2.45, 2.75) is 62.1 Å². The molecule has 1 saturated carbocycles. The zero-order valence-electron chi connectivity index (χ0n) is 21.3. The van der Waals surface area contributed by atoms with Crippen molar-refractivity contribution in [1.82, 2.24) is 4.72 Å². The van der Waals surface area contributed by atoms with Gasteiger partial charge in [-0.1, -0.05) is 31.2 Å². The molecule has 4 atom stereocenters. The summed E-state index contributed by atoms with van der Waals surface area (Å²) in [6, 6.07) is 19.2. The van der Waals surface area contributed by atoms with Gasteiger partial charge in [-0.3, -0.25) is 0 Å². The summed E-state index contributed by atoms with van der Waals surface area (Å²) in [7, 11) is -3.26. The number of aliphatic hydroxyl groups excluding tert-OH is 1. The normalized spacial score (nSPS) is 22.2. The second-order valence-corrected chi connectivity index (χ2v) is 11.5. The highest BCUT2D eigenvalue weighted by molar-refractivity contribution is 7.91. The molecule has 7 nitrogen and oxygen atoms in total. The molecular weight excluding hydrogens is 531 g/mol. The van der Waals surface area contributed by atoms with Crippen LogP contribution in [0.3, 0.4) is 0 Å². The van der Waals surface area contributed by atoms with Crippen LogP contribution in [0.15, 0.2) is 82.1 Å². The third-order valence-electron chi connectivity index (χ3n) is 6.81. The fraction of sp³-hybridized carbons (Fsp3) is 0.357. The molecule has 2 N–H and O–H groups in total. The summed E-state index contributed by atoms with van der Waals surface area (Å²) in [5.74, 6) is 0.952. The van der Waals surface area contributed by atoms with Crippen molar-refractivity contribution in [3.8, 4) is 17.2 Å². The number of anilines is 2. The summed E-state index contributed by atoms with van der Waals surface area (Å²) in [6.07, 6.45) is -3.12. The first-order valence-corrected chi connectivity index (χ1v) is 14.4. The molecule has 208 valence electrons. The molecule has 3 aromatic carbocycles. The molecule has 1 heterocycles. The monoisotopic (exact) mass is 561 g/mol. The number of halogens is 3. The first-order chi connectivity index (χ1) is 18.7. The Morgan fingerprint density at radius 2 is 1.64 bits per heavy atom. The lowest BCUT2D eigenvalue weighted by molar-refractivity contribution is -0.274. The average molecular weight is 562 g/mol. The van der Waals surface area contributed by atoms with Gasteiger partial charge in [0.1, 0.15) is 15.7 Å². The minimum Gasteiger partial charge on any atom is -0.453 e. The highest BCUT2D eigenvalue weighted by Gasteiger charge is 2.41. The fourth-order valence-corrected chi connectivity index (χ4v) is 7.06. The SMILES string of the molecule is CCCN=S(=O)(NC1CCCC(N2c3ccccc3Oc3ccccc32)C1O)c1ccc(OC(F)(F)F)cc1. The Hall–Kier alpha value is -3.28. The van der Waals surface area contributed by atoms with E-state index in [9.17, 15) is 22.5 Å². The van der Waals surface area contributed by atoms with E-state index in [4.69, 9.17) is 4.74 Å². The Balaban J connectivity index is 1.45. The third kappa shape index (κ3) is 5.85. The van der Waals surface area contributed by atoms with Crippen LogP contribution in [0.2, 0.25) is 0 Å². The summed E-state index contributed by atoms with van der Waals surface area (Å²) >= 11 is 0. The topological polar surface area (TPSA) is 83.4 Å². The summed E-state index contributed by atoms with van der Waals surface area (Å²) in [5, 5.41) is 11.7. The first-order valence-electron chi connectivity index (χ1n) is 12.9. The molecule has 39 heavy (non-hydrogen) atoms. The molecule has 1 fully saturated rings. The van der Waals surface area contributed by atoms with Crippen molar-refractivity contribution in [1.29, 1.82) is 0 Å². The van der Waals surface area contributed by atoms with E-state index in [2.05, 4.69) is 18.7 Å². The molecular formula is C28H30F3N3O4S. The highest BCUT2D eigenvalue weighted by atomic mass is 32.2. The third-order valence-corrected chi connectivity index (χ3v) is 8.89. The van der Waals surface area contributed by atoms with Gasteiger partial charge in [0, 0.05) is 12.6 Å². The number of rotatable bonds is 7. The lowest BCUT2D eigenvalue weighted by atomic mass is 9.86. The van der Waals surface area contributed by atoms with Crippen LogP contribution in [0.1, 0.15) is 32.6 Å². The van der Waals surface area contributed by atoms with Gasteiger partial charge >= 0.3 is 6.36 Å². The van der Waals surface area contributed by atoms with Gasteiger partial charge in [-0.2, -0.15) is 0 Å². The quantitative estimate of drug-likeness (QED) is 0.342. The molecule has 0 bridgehead atoms. The molecule has 4 unspecified atom stereocenters. The first kappa shape index (κ1) is 27.3. The zero-order valence-corrected chi connectivity index (χ0v) is 22.1. The molecule has 5 rings (SSSR count). The maximum atomic E-state index is 14.2. The lowest BCUT2D eigenvalue weighted by Gasteiger charge is -2.45. The van der Waals surface area contributed by atoms with Crippen LogP contribution in [-0.4, -0.2) is 40.4 Å². The van der Waals surface area contributed by atoms with E-state index in [0.717, 1.165) is 29.9 Å². The molecule has 1 aliphatic carbocycles. The Bertz CT molecular complexity index is 1380. The van der Waals surface area contributed by atoms with Crippen molar-refractivity contribution in [2.75, 3.05) is 11.4 Å². The summed E-state index contributed by atoms with van der Waals surface area (Å²) in [4.78, 5) is 2.31. The number of aliphatic hydroxyl groups is 1. The van der Waals surface area contributed by atoms with Gasteiger partial charge in [-0.05, 0) is 74.2 Å². The van der Waals surface area contributed by atoms with E-state index in [0.29, 0.717) is 30.8 Å². The second kappa shape index (κ2) is 11.1. The predicted molar refractivity (Wildman–Crippen MR) is 143 cm³/mol. The maximum Gasteiger partial charge on any atom is 0.573 e. The van der Waals surface area contributed by atoms with E-state index >= 15 is 0 Å². The molecule has 11 heteroatoms. The minimum absolute atomic E-state index is 0.224. The number of para-hydroxylation sites is 4. The van der Waals surface area contributed by atoms with Crippen molar-refractivity contribution in [3.63, 3.8) is 0 Å². The number of alkyl halides is 3. The van der Waals surface area contributed by atoms with Crippen molar-refractivity contribution in [2.24, 2.45) is 4.36 Å². The van der Waals surface area contributed by atoms with Crippen LogP contribution in [0.4, 0.5) is 24.5 Å². The van der Waals surface area contributed by atoms with E-state index in [1.807, 2.05) is 55.5 Å². The second-order valence-electron chi connectivity index (χ2n) is 9.52.